The molecule has 0 radical (unpaired) electrons. The summed E-state index contributed by atoms with van der Waals surface area (Å²) < 4.78 is 42.1. The number of anilines is 2. The van der Waals surface area contributed by atoms with Gasteiger partial charge in [-0.2, -0.15) is 18.3 Å². The van der Waals surface area contributed by atoms with Gasteiger partial charge in [-0.15, -0.1) is 6.42 Å². The van der Waals surface area contributed by atoms with Gasteiger partial charge in [0.05, 0.1) is 17.8 Å². The molecule has 4 rings (SSSR count). The Morgan fingerprint density at radius 1 is 1.29 bits per heavy atom. The van der Waals surface area contributed by atoms with E-state index in [0.717, 1.165) is 16.9 Å². The number of pyridine rings is 1. The fourth-order valence-electron chi connectivity index (χ4n) is 4.15. The number of carbonyl (C=O) groups is 2. The number of nitrogens with zero attached hydrogens (tertiary/aromatic N) is 6. The number of piperazine rings is 1. The minimum atomic E-state index is -4.70. The molecule has 0 aromatic carbocycles. The third-order valence-electron chi connectivity index (χ3n) is 5.83. The molecule has 1 saturated heterocycles. The first-order valence-electron chi connectivity index (χ1n) is 10.1. The van der Waals surface area contributed by atoms with Gasteiger partial charge >= 0.3 is 6.18 Å². The van der Waals surface area contributed by atoms with Gasteiger partial charge in [0.25, 0.3) is 5.91 Å². The lowest BCUT2D eigenvalue weighted by Crippen LogP contribution is -2.68. The largest absolute Gasteiger partial charge is 0.418 e. The quantitative estimate of drug-likeness (QED) is 0.575. The van der Waals surface area contributed by atoms with Gasteiger partial charge in [-0.05, 0) is 32.0 Å². The van der Waals surface area contributed by atoms with Gasteiger partial charge in [-0.3, -0.25) is 14.5 Å². The molecule has 176 valence electrons. The second kappa shape index (κ2) is 7.72. The molecule has 3 aromatic heterocycles. The van der Waals surface area contributed by atoms with Crippen LogP contribution in [-0.4, -0.2) is 54.4 Å². The molecule has 0 aliphatic carbocycles. The van der Waals surface area contributed by atoms with Crippen LogP contribution in [0.3, 0.4) is 0 Å². The molecule has 0 bridgehead atoms. The maximum Gasteiger partial charge on any atom is 0.418 e. The second-order valence-corrected chi connectivity index (χ2v) is 8.30. The van der Waals surface area contributed by atoms with Crippen molar-refractivity contribution in [2.45, 2.75) is 38.5 Å². The molecule has 0 unspecified atom stereocenters. The SMILES string of the molecule is C#C[C@H]1CN(C(C)=O)C(C)(C)C(=O)N1c1cc(-c2cc(C(F)(F)F)c3c(N)ncnn23)ccn1. The van der Waals surface area contributed by atoms with Crippen LogP contribution in [0.2, 0.25) is 0 Å². The number of amides is 2. The number of aromatic nitrogens is 4. The van der Waals surface area contributed by atoms with Crippen LogP contribution in [0.15, 0.2) is 30.7 Å². The van der Waals surface area contributed by atoms with Crippen LogP contribution in [-0.2, 0) is 15.8 Å². The molecule has 2 N–H and O–H groups in total. The highest BCUT2D eigenvalue weighted by Gasteiger charge is 2.48. The summed E-state index contributed by atoms with van der Waals surface area (Å²) in [4.78, 5) is 36.1. The lowest BCUT2D eigenvalue weighted by molar-refractivity contribution is -0.146. The van der Waals surface area contributed by atoms with E-state index in [0.29, 0.717) is 5.56 Å². The summed E-state index contributed by atoms with van der Waals surface area (Å²) in [5.74, 6) is 1.53. The Kier molecular flexibility index (Phi) is 5.23. The molecule has 12 heteroatoms. The van der Waals surface area contributed by atoms with E-state index in [2.05, 4.69) is 21.0 Å². The first-order valence-corrected chi connectivity index (χ1v) is 10.1. The number of alkyl halides is 3. The molecule has 1 aliphatic rings. The average molecular weight is 471 g/mol. The normalized spacial score (nSPS) is 18.3. The Balaban J connectivity index is 1.86. The molecule has 1 atom stereocenters. The average Bonchev–Trinajstić information content (AvgIpc) is 3.17. The summed E-state index contributed by atoms with van der Waals surface area (Å²) in [6, 6.07) is 3.02. The van der Waals surface area contributed by atoms with Crippen molar-refractivity contribution < 1.29 is 22.8 Å². The Morgan fingerprint density at radius 3 is 2.62 bits per heavy atom. The summed E-state index contributed by atoms with van der Waals surface area (Å²) in [6.45, 7) is 4.61. The summed E-state index contributed by atoms with van der Waals surface area (Å²) in [5, 5.41) is 3.94. The second-order valence-electron chi connectivity index (χ2n) is 8.30. The number of nitrogen functional groups attached to an aromatic ring is 1. The Labute approximate surface area is 192 Å². The summed E-state index contributed by atoms with van der Waals surface area (Å²) in [6.07, 6.45) is 3.37. The van der Waals surface area contributed by atoms with Gasteiger partial charge < -0.3 is 10.6 Å². The van der Waals surface area contributed by atoms with E-state index >= 15 is 0 Å². The Hall–Kier alpha value is -4.14. The highest BCUT2D eigenvalue weighted by molar-refractivity contribution is 6.03. The topological polar surface area (TPSA) is 110 Å². The number of hydrogen-bond donors (Lipinski definition) is 1. The fraction of sp³-hybridized carbons (Fsp3) is 0.318. The Bertz CT molecular complexity index is 1360. The zero-order valence-corrected chi connectivity index (χ0v) is 18.5. The maximum absolute atomic E-state index is 13.7. The minimum Gasteiger partial charge on any atom is -0.382 e. The van der Waals surface area contributed by atoms with E-state index in [4.69, 9.17) is 12.2 Å². The Morgan fingerprint density at radius 2 is 2.00 bits per heavy atom. The molecule has 4 heterocycles. The summed E-state index contributed by atoms with van der Waals surface area (Å²) in [7, 11) is 0. The van der Waals surface area contributed by atoms with Gasteiger partial charge in [0.1, 0.15) is 29.2 Å². The molecule has 2 amide bonds. The van der Waals surface area contributed by atoms with E-state index in [9.17, 15) is 22.8 Å². The van der Waals surface area contributed by atoms with Crippen LogP contribution < -0.4 is 10.6 Å². The smallest absolute Gasteiger partial charge is 0.382 e. The zero-order chi connectivity index (χ0) is 25.0. The molecule has 1 aliphatic heterocycles. The molecular weight excluding hydrogens is 451 g/mol. The van der Waals surface area contributed by atoms with Crippen molar-refractivity contribution in [2.75, 3.05) is 17.2 Å². The number of fused-ring (bicyclic) bond motifs is 1. The van der Waals surface area contributed by atoms with Gasteiger partial charge in [-0.25, -0.2) is 14.5 Å². The summed E-state index contributed by atoms with van der Waals surface area (Å²) in [5.41, 5.74) is 3.52. The van der Waals surface area contributed by atoms with Crippen LogP contribution in [0.4, 0.5) is 24.8 Å². The van der Waals surface area contributed by atoms with Crippen molar-refractivity contribution in [2.24, 2.45) is 0 Å². The zero-order valence-electron chi connectivity index (χ0n) is 18.5. The standard InChI is InChI=1S/C22H20F3N7O2/c1-5-14-10-30(12(2)33)21(3,4)20(34)31(14)17-8-13(6-7-27-17)16-9-15(22(23,24)25)18-19(26)28-11-29-32(16)18/h1,6-9,11,14H,10H2,2-4H3,(H2,26,28,29)/t14-/m0/s1. The molecular formula is C22H20F3N7O2. The van der Waals surface area contributed by atoms with Gasteiger partial charge in [0.2, 0.25) is 5.91 Å². The number of carbonyl (C=O) groups excluding carboxylic acids is 2. The van der Waals surface area contributed by atoms with Crippen LogP contribution >= 0.6 is 0 Å². The predicted octanol–water partition coefficient (Wildman–Crippen LogP) is 2.37. The van der Waals surface area contributed by atoms with Crippen LogP contribution in [0, 0.1) is 12.3 Å². The number of nitrogens with two attached hydrogens (primary N) is 1. The lowest BCUT2D eigenvalue weighted by atomic mass is 9.94. The first kappa shape index (κ1) is 23.0. The molecule has 3 aromatic rings. The van der Waals surface area contributed by atoms with Crippen molar-refractivity contribution in [3.63, 3.8) is 0 Å². The molecule has 9 nitrogen and oxygen atoms in total. The lowest BCUT2D eigenvalue weighted by Gasteiger charge is -2.47. The van der Waals surface area contributed by atoms with Gasteiger partial charge in [0, 0.05) is 18.7 Å². The summed E-state index contributed by atoms with van der Waals surface area (Å²) >= 11 is 0. The molecule has 34 heavy (non-hydrogen) atoms. The third-order valence-corrected chi connectivity index (χ3v) is 5.83. The van der Waals surface area contributed by atoms with Crippen molar-refractivity contribution in [3.8, 4) is 23.6 Å². The molecule has 1 fully saturated rings. The van der Waals surface area contributed by atoms with Crippen LogP contribution in [0.1, 0.15) is 26.3 Å². The predicted molar refractivity (Wildman–Crippen MR) is 117 cm³/mol. The van der Waals surface area contributed by atoms with Crippen molar-refractivity contribution >= 4 is 29.0 Å². The van der Waals surface area contributed by atoms with E-state index < -0.39 is 29.2 Å². The molecule has 0 saturated carbocycles. The number of halogens is 3. The van der Waals surface area contributed by atoms with Gasteiger partial charge in [-0.1, -0.05) is 5.92 Å². The van der Waals surface area contributed by atoms with E-state index in [1.54, 1.807) is 13.8 Å². The van der Waals surface area contributed by atoms with Crippen molar-refractivity contribution in [1.29, 1.82) is 0 Å². The number of terminal acetylenes is 1. The maximum atomic E-state index is 13.7. The fourth-order valence-corrected chi connectivity index (χ4v) is 4.15. The molecule has 0 spiro atoms. The van der Waals surface area contributed by atoms with E-state index in [1.165, 1.54) is 35.1 Å². The highest BCUT2D eigenvalue weighted by Crippen LogP contribution is 2.39. The van der Waals surface area contributed by atoms with Crippen LogP contribution in [0.5, 0.6) is 0 Å². The minimum absolute atomic E-state index is 0.0754. The first-order chi connectivity index (χ1) is 15.9. The van der Waals surface area contributed by atoms with Crippen molar-refractivity contribution in [1.82, 2.24) is 24.5 Å². The number of hydrogen-bond acceptors (Lipinski definition) is 6. The third kappa shape index (κ3) is 3.49. The van der Waals surface area contributed by atoms with E-state index in [-0.39, 0.29) is 35.3 Å². The van der Waals surface area contributed by atoms with E-state index in [1.807, 2.05) is 0 Å². The van der Waals surface area contributed by atoms with Crippen molar-refractivity contribution in [3.05, 3.63) is 36.3 Å². The number of rotatable bonds is 2. The highest BCUT2D eigenvalue weighted by atomic mass is 19.4. The van der Waals surface area contributed by atoms with Crippen LogP contribution in [0.25, 0.3) is 16.8 Å². The monoisotopic (exact) mass is 471 g/mol. The van der Waals surface area contributed by atoms with Gasteiger partial charge in [0.15, 0.2) is 5.82 Å².